The fourth-order valence-corrected chi connectivity index (χ4v) is 2.42. The number of methoxy groups -OCH3 is 1. The summed E-state index contributed by atoms with van der Waals surface area (Å²) in [6.07, 6.45) is 6.23. The smallest absolute Gasteiger partial charge is 0.226 e. The molecule has 2 rings (SSSR count). The maximum Gasteiger partial charge on any atom is 0.226 e. The van der Waals surface area contributed by atoms with E-state index in [4.69, 9.17) is 4.74 Å². The molecule has 22 heavy (non-hydrogen) atoms. The van der Waals surface area contributed by atoms with E-state index < -0.39 is 0 Å². The first-order valence-electron chi connectivity index (χ1n) is 7.16. The van der Waals surface area contributed by atoms with E-state index >= 15 is 0 Å². The van der Waals surface area contributed by atoms with E-state index in [9.17, 15) is 4.79 Å². The summed E-state index contributed by atoms with van der Waals surface area (Å²) in [6.45, 7) is 2.06. The van der Waals surface area contributed by atoms with Crippen molar-refractivity contribution in [3.8, 4) is 5.75 Å². The Morgan fingerprint density at radius 3 is 2.73 bits per heavy atom. The molecule has 1 aromatic heterocycles. The van der Waals surface area contributed by atoms with Crippen molar-refractivity contribution >= 4 is 34.5 Å². The van der Waals surface area contributed by atoms with Gasteiger partial charge in [0.1, 0.15) is 10.8 Å². The summed E-state index contributed by atoms with van der Waals surface area (Å²) in [5.74, 6) is 0.814. The third-order valence-corrected chi connectivity index (χ3v) is 3.78. The number of nitrogens with one attached hydrogen (secondary N) is 1. The molecule has 1 aromatic carbocycles. The van der Waals surface area contributed by atoms with Gasteiger partial charge in [-0.2, -0.15) is 0 Å². The minimum Gasteiger partial charge on any atom is -0.497 e. The molecule has 1 heterocycles. The zero-order chi connectivity index (χ0) is 15.8. The second-order valence-corrected chi connectivity index (χ2v) is 5.71. The average Bonchev–Trinajstić information content (AvgIpc) is 2.99. The first kappa shape index (κ1) is 16.2. The molecule has 0 aliphatic heterocycles. The molecule has 0 radical (unpaired) electrons. The SMILES string of the molecule is CCCCC(=O)Nc1nnc(C=Cc2ccc(OC)cc2)s1. The zero-order valence-electron chi connectivity index (χ0n) is 12.7. The topological polar surface area (TPSA) is 64.1 Å². The Kier molecular flexibility index (Phi) is 6.09. The van der Waals surface area contributed by atoms with E-state index in [2.05, 4.69) is 22.4 Å². The van der Waals surface area contributed by atoms with Crippen LogP contribution in [0.3, 0.4) is 0 Å². The number of hydrogen-bond donors (Lipinski definition) is 1. The van der Waals surface area contributed by atoms with Gasteiger partial charge in [-0.05, 0) is 30.2 Å². The van der Waals surface area contributed by atoms with Gasteiger partial charge in [0.25, 0.3) is 0 Å². The van der Waals surface area contributed by atoms with Crippen LogP contribution in [0.5, 0.6) is 5.75 Å². The van der Waals surface area contributed by atoms with E-state index in [1.54, 1.807) is 7.11 Å². The Morgan fingerprint density at radius 2 is 2.05 bits per heavy atom. The molecular weight excluding hydrogens is 298 g/mol. The van der Waals surface area contributed by atoms with Crippen molar-refractivity contribution in [1.82, 2.24) is 10.2 Å². The molecule has 0 aliphatic carbocycles. The van der Waals surface area contributed by atoms with Crippen molar-refractivity contribution in [3.05, 3.63) is 34.8 Å². The molecule has 0 fully saturated rings. The fourth-order valence-electron chi connectivity index (χ4n) is 1.75. The largest absolute Gasteiger partial charge is 0.497 e. The number of aromatic nitrogens is 2. The fraction of sp³-hybridized carbons (Fsp3) is 0.312. The highest BCUT2D eigenvalue weighted by molar-refractivity contribution is 7.16. The number of benzene rings is 1. The highest BCUT2D eigenvalue weighted by atomic mass is 32.1. The predicted molar refractivity (Wildman–Crippen MR) is 90.0 cm³/mol. The molecule has 2 aromatic rings. The summed E-state index contributed by atoms with van der Waals surface area (Å²) in [5.41, 5.74) is 1.05. The van der Waals surface area contributed by atoms with Crippen LogP contribution in [0.2, 0.25) is 0 Å². The number of amides is 1. The first-order valence-corrected chi connectivity index (χ1v) is 7.98. The number of carbonyl (C=O) groups excluding carboxylic acids is 1. The lowest BCUT2D eigenvalue weighted by molar-refractivity contribution is -0.116. The number of carbonyl (C=O) groups is 1. The summed E-state index contributed by atoms with van der Waals surface area (Å²) in [6, 6.07) is 7.73. The molecule has 0 atom stereocenters. The van der Waals surface area contributed by atoms with Gasteiger partial charge in [0.05, 0.1) is 7.11 Å². The van der Waals surface area contributed by atoms with E-state index in [0.717, 1.165) is 29.2 Å². The number of anilines is 1. The second kappa shape index (κ2) is 8.29. The van der Waals surface area contributed by atoms with Gasteiger partial charge in [-0.25, -0.2) is 0 Å². The normalized spacial score (nSPS) is 10.8. The average molecular weight is 317 g/mol. The summed E-state index contributed by atoms with van der Waals surface area (Å²) in [5, 5.41) is 12.1. The Labute approximate surface area is 134 Å². The second-order valence-electron chi connectivity index (χ2n) is 4.70. The molecular formula is C16H19N3O2S. The van der Waals surface area contributed by atoms with Gasteiger partial charge in [0, 0.05) is 6.42 Å². The maximum atomic E-state index is 11.6. The lowest BCUT2D eigenvalue weighted by atomic mass is 10.2. The van der Waals surface area contributed by atoms with Crippen LogP contribution in [0.1, 0.15) is 36.8 Å². The van der Waals surface area contributed by atoms with Gasteiger partial charge in [-0.15, -0.1) is 10.2 Å². The molecule has 1 N–H and O–H groups in total. The third-order valence-electron chi connectivity index (χ3n) is 2.98. The van der Waals surface area contributed by atoms with Crippen LogP contribution in [0.4, 0.5) is 5.13 Å². The molecule has 6 heteroatoms. The Morgan fingerprint density at radius 1 is 1.27 bits per heavy atom. The number of rotatable bonds is 7. The van der Waals surface area contributed by atoms with Crippen molar-refractivity contribution in [3.63, 3.8) is 0 Å². The molecule has 0 aliphatic rings. The Hall–Kier alpha value is -2.21. The van der Waals surface area contributed by atoms with Crippen LogP contribution in [0.15, 0.2) is 24.3 Å². The molecule has 0 saturated carbocycles. The van der Waals surface area contributed by atoms with Crippen LogP contribution >= 0.6 is 11.3 Å². The number of unbranched alkanes of at least 4 members (excludes halogenated alkanes) is 1. The van der Waals surface area contributed by atoms with Crippen molar-refractivity contribution in [2.45, 2.75) is 26.2 Å². The summed E-state index contributed by atoms with van der Waals surface area (Å²) < 4.78 is 5.12. The molecule has 5 nitrogen and oxygen atoms in total. The highest BCUT2D eigenvalue weighted by Gasteiger charge is 2.06. The minimum atomic E-state index is -0.0105. The summed E-state index contributed by atoms with van der Waals surface area (Å²) >= 11 is 1.36. The van der Waals surface area contributed by atoms with Crippen molar-refractivity contribution in [2.75, 3.05) is 12.4 Å². The van der Waals surface area contributed by atoms with Gasteiger partial charge in [-0.1, -0.05) is 42.9 Å². The minimum absolute atomic E-state index is 0.0105. The van der Waals surface area contributed by atoms with Crippen LogP contribution in [0, 0.1) is 0 Å². The number of ether oxygens (including phenoxy) is 1. The van der Waals surface area contributed by atoms with Crippen LogP contribution in [-0.2, 0) is 4.79 Å². The van der Waals surface area contributed by atoms with E-state index in [-0.39, 0.29) is 5.91 Å². The molecule has 0 spiro atoms. The summed E-state index contributed by atoms with van der Waals surface area (Å²) in [4.78, 5) is 11.6. The Bertz CT molecular complexity index is 635. The van der Waals surface area contributed by atoms with Crippen LogP contribution in [-0.4, -0.2) is 23.2 Å². The van der Waals surface area contributed by atoms with Gasteiger partial charge >= 0.3 is 0 Å². The zero-order valence-corrected chi connectivity index (χ0v) is 13.5. The van der Waals surface area contributed by atoms with Crippen LogP contribution < -0.4 is 10.1 Å². The van der Waals surface area contributed by atoms with Gasteiger partial charge in [-0.3, -0.25) is 4.79 Å². The molecule has 0 unspecified atom stereocenters. The molecule has 116 valence electrons. The monoisotopic (exact) mass is 317 g/mol. The number of hydrogen-bond acceptors (Lipinski definition) is 5. The standard InChI is InChI=1S/C16H19N3O2S/c1-3-4-5-14(20)17-16-19-18-15(22-16)11-8-12-6-9-13(21-2)10-7-12/h6-11H,3-5H2,1-2H3,(H,17,19,20). The van der Waals surface area contributed by atoms with Gasteiger partial charge in [0.2, 0.25) is 11.0 Å². The molecule has 1 amide bonds. The lowest BCUT2D eigenvalue weighted by Gasteiger charge is -1.98. The quantitative estimate of drug-likeness (QED) is 0.842. The Balaban J connectivity index is 1.93. The third kappa shape index (κ3) is 4.96. The van der Waals surface area contributed by atoms with E-state index in [1.165, 1.54) is 11.3 Å². The van der Waals surface area contributed by atoms with E-state index in [0.29, 0.717) is 11.6 Å². The highest BCUT2D eigenvalue weighted by Crippen LogP contribution is 2.19. The molecule has 0 bridgehead atoms. The van der Waals surface area contributed by atoms with Gasteiger partial charge in [0.15, 0.2) is 0 Å². The summed E-state index contributed by atoms with van der Waals surface area (Å²) in [7, 11) is 1.64. The van der Waals surface area contributed by atoms with Crippen molar-refractivity contribution in [1.29, 1.82) is 0 Å². The first-order chi connectivity index (χ1) is 10.7. The van der Waals surface area contributed by atoms with Crippen LogP contribution in [0.25, 0.3) is 12.2 Å². The number of nitrogens with zero attached hydrogens (tertiary/aromatic N) is 2. The van der Waals surface area contributed by atoms with Crippen molar-refractivity contribution in [2.24, 2.45) is 0 Å². The van der Waals surface area contributed by atoms with E-state index in [1.807, 2.05) is 36.4 Å². The predicted octanol–water partition coefficient (Wildman–Crippen LogP) is 3.85. The van der Waals surface area contributed by atoms with Crippen molar-refractivity contribution < 1.29 is 9.53 Å². The lowest BCUT2D eigenvalue weighted by Crippen LogP contribution is -2.10. The maximum absolute atomic E-state index is 11.6. The molecule has 0 saturated heterocycles. The van der Waals surface area contributed by atoms with Gasteiger partial charge < -0.3 is 10.1 Å².